The van der Waals surface area contributed by atoms with Gasteiger partial charge in [0.05, 0.1) is 19.2 Å². The number of aliphatic imine (C=N–C) groups is 1. The number of benzene rings is 1. The summed E-state index contributed by atoms with van der Waals surface area (Å²) in [5.41, 5.74) is 7.47. The van der Waals surface area contributed by atoms with Crippen LogP contribution in [-0.4, -0.2) is 30.6 Å². The smallest absolute Gasteiger partial charge is 0.192 e. The van der Waals surface area contributed by atoms with Gasteiger partial charge in [-0.2, -0.15) is 0 Å². The SMILES string of the molecule is CCC1(c2ccc(OC)cc2)CN=C(N)N1C1CCCC1. The maximum atomic E-state index is 6.25. The normalized spacial score (nSPS) is 26.2. The molecule has 1 saturated carbocycles. The fraction of sp³-hybridized carbons (Fsp3) is 0.588. The predicted molar refractivity (Wildman–Crippen MR) is 85.5 cm³/mol. The van der Waals surface area contributed by atoms with Crippen molar-refractivity contribution in [2.45, 2.75) is 50.6 Å². The Morgan fingerprint density at radius 3 is 2.52 bits per heavy atom. The monoisotopic (exact) mass is 287 g/mol. The molecular formula is C17H25N3O. The quantitative estimate of drug-likeness (QED) is 0.926. The molecule has 1 fully saturated rings. The molecule has 4 heteroatoms. The van der Waals surface area contributed by atoms with Crippen molar-refractivity contribution >= 4 is 5.96 Å². The molecule has 4 nitrogen and oxygen atoms in total. The third-order valence-corrected chi connectivity index (χ3v) is 5.11. The number of methoxy groups -OCH3 is 1. The second-order valence-corrected chi connectivity index (χ2v) is 6.10. The summed E-state index contributed by atoms with van der Waals surface area (Å²) in [6.45, 7) is 3.00. The van der Waals surface area contributed by atoms with Crippen molar-refractivity contribution in [3.8, 4) is 5.75 Å². The molecule has 2 aliphatic rings. The van der Waals surface area contributed by atoms with E-state index in [1.807, 2.05) is 12.1 Å². The summed E-state index contributed by atoms with van der Waals surface area (Å²) in [5, 5.41) is 0. The summed E-state index contributed by atoms with van der Waals surface area (Å²) in [6, 6.07) is 8.94. The van der Waals surface area contributed by atoms with Crippen LogP contribution in [0.2, 0.25) is 0 Å². The Hall–Kier alpha value is -1.71. The standard InChI is InChI=1S/C17H25N3O/c1-3-17(13-8-10-15(21-2)11-9-13)12-19-16(18)20(17)14-6-4-5-7-14/h8-11,14H,3-7,12H2,1-2H3,(H2,18,19). The van der Waals surface area contributed by atoms with Crippen LogP contribution in [0.25, 0.3) is 0 Å². The van der Waals surface area contributed by atoms with Gasteiger partial charge in [-0.3, -0.25) is 4.99 Å². The fourth-order valence-corrected chi connectivity index (χ4v) is 3.90. The van der Waals surface area contributed by atoms with Gasteiger partial charge in [-0.1, -0.05) is 31.9 Å². The van der Waals surface area contributed by atoms with E-state index in [1.165, 1.54) is 31.2 Å². The highest BCUT2D eigenvalue weighted by molar-refractivity contribution is 5.81. The third kappa shape index (κ3) is 2.27. The topological polar surface area (TPSA) is 50.9 Å². The van der Waals surface area contributed by atoms with Crippen molar-refractivity contribution in [3.05, 3.63) is 29.8 Å². The second-order valence-electron chi connectivity index (χ2n) is 6.10. The van der Waals surface area contributed by atoms with E-state index < -0.39 is 0 Å². The summed E-state index contributed by atoms with van der Waals surface area (Å²) in [5.74, 6) is 1.61. The van der Waals surface area contributed by atoms with E-state index in [0.717, 1.165) is 24.7 Å². The van der Waals surface area contributed by atoms with Crippen molar-refractivity contribution < 1.29 is 4.74 Å². The lowest BCUT2D eigenvalue weighted by Gasteiger charge is -2.43. The van der Waals surface area contributed by atoms with Crippen molar-refractivity contribution in [1.82, 2.24) is 4.90 Å². The van der Waals surface area contributed by atoms with E-state index in [9.17, 15) is 0 Å². The highest BCUT2D eigenvalue weighted by atomic mass is 16.5. The number of hydrogen-bond donors (Lipinski definition) is 1. The molecule has 0 spiro atoms. The maximum Gasteiger partial charge on any atom is 0.192 e. The minimum atomic E-state index is -0.0780. The first-order chi connectivity index (χ1) is 10.2. The number of hydrogen-bond acceptors (Lipinski definition) is 4. The molecule has 0 aromatic heterocycles. The van der Waals surface area contributed by atoms with Gasteiger partial charge < -0.3 is 15.4 Å². The Morgan fingerprint density at radius 2 is 1.95 bits per heavy atom. The molecular weight excluding hydrogens is 262 g/mol. The van der Waals surface area contributed by atoms with Gasteiger partial charge in [-0.05, 0) is 37.0 Å². The third-order valence-electron chi connectivity index (χ3n) is 5.11. The van der Waals surface area contributed by atoms with Crippen molar-refractivity contribution in [2.75, 3.05) is 13.7 Å². The van der Waals surface area contributed by atoms with E-state index in [1.54, 1.807) is 7.11 Å². The van der Waals surface area contributed by atoms with E-state index in [2.05, 4.69) is 28.9 Å². The Kier molecular flexibility index (Phi) is 3.79. The molecule has 1 aromatic carbocycles. The zero-order valence-corrected chi connectivity index (χ0v) is 13.0. The zero-order valence-electron chi connectivity index (χ0n) is 13.0. The molecule has 0 amide bonds. The average molecular weight is 287 g/mol. The maximum absolute atomic E-state index is 6.25. The average Bonchev–Trinajstić information content (AvgIpc) is 3.15. The van der Waals surface area contributed by atoms with Crippen LogP contribution in [0.4, 0.5) is 0 Å². The molecule has 3 rings (SSSR count). The Balaban J connectivity index is 1.97. The largest absolute Gasteiger partial charge is 0.497 e. The second kappa shape index (κ2) is 5.58. The molecule has 1 unspecified atom stereocenters. The van der Waals surface area contributed by atoms with Crippen molar-refractivity contribution in [2.24, 2.45) is 10.7 Å². The number of nitrogens with zero attached hydrogens (tertiary/aromatic N) is 2. The van der Waals surface area contributed by atoms with Gasteiger partial charge in [-0.15, -0.1) is 0 Å². The lowest BCUT2D eigenvalue weighted by Crippen LogP contribution is -2.53. The van der Waals surface area contributed by atoms with Crippen LogP contribution in [0, 0.1) is 0 Å². The highest BCUT2D eigenvalue weighted by Gasteiger charge is 2.46. The molecule has 1 heterocycles. The van der Waals surface area contributed by atoms with Crippen LogP contribution in [0.5, 0.6) is 5.75 Å². The number of ether oxygens (including phenoxy) is 1. The summed E-state index contributed by atoms with van der Waals surface area (Å²) in [7, 11) is 1.70. The fourth-order valence-electron chi connectivity index (χ4n) is 3.90. The van der Waals surface area contributed by atoms with Gasteiger partial charge in [-0.25, -0.2) is 0 Å². The predicted octanol–water partition coefficient (Wildman–Crippen LogP) is 2.87. The molecule has 1 aliphatic heterocycles. The van der Waals surface area contributed by atoms with Gasteiger partial charge in [0, 0.05) is 6.04 Å². The van der Waals surface area contributed by atoms with Crippen LogP contribution < -0.4 is 10.5 Å². The van der Waals surface area contributed by atoms with Crippen LogP contribution in [0.15, 0.2) is 29.3 Å². The first-order valence-electron chi connectivity index (χ1n) is 7.95. The van der Waals surface area contributed by atoms with E-state index in [-0.39, 0.29) is 5.54 Å². The lowest BCUT2D eigenvalue weighted by molar-refractivity contribution is 0.143. The van der Waals surface area contributed by atoms with Gasteiger partial charge in [0.2, 0.25) is 0 Å². The molecule has 21 heavy (non-hydrogen) atoms. The zero-order chi connectivity index (χ0) is 14.9. The first kappa shape index (κ1) is 14.2. The van der Waals surface area contributed by atoms with Gasteiger partial charge in [0.15, 0.2) is 5.96 Å². The van der Waals surface area contributed by atoms with Gasteiger partial charge in [0.1, 0.15) is 5.75 Å². The van der Waals surface area contributed by atoms with Gasteiger partial charge in [0.25, 0.3) is 0 Å². The number of rotatable bonds is 4. The van der Waals surface area contributed by atoms with Crippen LogP contribution >= 0.6 is 0 Å². The Labute approximate surface area is 127 Å². The van der Waals surface area contributed by atoms with Crippen molar-refractivity contribution in [3.63, 3.8) is 0 Å². The summed E-state index contributed by atoms with van der Waals surface area (Å²) in [4.78, 5) is 7.00. The Bertz CT molecular complexity index is 519. The highest BCUT2D eigenvalue weighted by Crippen LogP contribution is 2.41. The molecule has 1 aromatic rings. The van der Waals surface area contributed by atoms with Crippen LogP contribution in [0.1, 0.15) is 44.6 Å². The first-order valence-corrected chi connectivity index (χ1v) is 7.95. The molecule has 0 saturated heterocycles. The number of nitrogens with two attached hydrogens (primary N) is 1. The van der Waals surface area contributed by atoms with Crippen molar-refractivity contribution in [1.29, 1.82) is 0 Å². The lowest BCUT2D eigenvalue weighted by atomic mass is 9.85. The molecule has 114 valence electrons. The molecule has 1 atom stereocenters. The van der Waals surface area contributed by atoms with E-state index >= 15 is 0 Å². The summed E-state index contributed by atoms with van der Waals surface area (Å²) in [6.07, 6.45) is 6.08. The summed E-state index contributed by atoms with van der Waals surface area (Å²) >= 11 is 0. The van der Waals surface area contributed by atoms with Gasteiger partial charge >= 0.3 is 0 Å². The summed E-state index contributed by atoms with van der Waals surface area (Å²) < 4.78 is 5.28. The molecule has 2 N–H and O–H groups in total. The number of guanidine groups is 1. The van der Waals surface area contributed by atoms with Crippen LogP contribution in [-0.2, 0) is 5.54 Å². The molecule has 0 radical (unpaired) electrons. The van der Waals surface area contributed by atoms with E-state index in [0.29, 0.717) is 6.04 Å². The minimum absolute atomic E-state index is 0.0780. The van der Waals surface area contributed by atoms with E-state index in [4.69, 9.17) is 10.5 Å². The Morgan fingerprint density at radius 1 is 1.29 bits per heavy atom. The molecule has 1 aliphatic carbocycles. The molecule has 0 bridgehead atoms. The van der Waals surface area contributed by atoms with Crippen LogP contribution in [0.3, 0.4) is 0 Å². The minimum Gasteiger partial charge on any atom is -0.497 e.